The second-order valence-corrected chi connectivity index (χ2v) is 7.23. The normalized spacial score (nSPS) is 14.3. The molecule has 0 atom stereocenters. The molecule has 1 amide bonds. The zero-order chi connectivity index (χ0) is 20.2. The zero-order valence-corrected chi connectivity index (χ0v) is 17.1. The van der Waals surface area contributed by atoms with Gasteiger partial charge >= 0.3 is 0 Å². The van der Waals surface area contributed by atoms with Crippen LogP contribution in [0.25, 0.3) is 16.6 Å². The summed E-state index contributed by atoms with van der Waals surface area (Å²) in [5.41, 5.74) is 2.21. The number of hydrogen-bond donors (Lipinski definition) is 1. The number of nitrogens with zero attached hydrogens (tertiary/aromatic N) is 2. The number of para-hydroxylation sites is 3. The summed E-state index contributed by atoms with van der Waals surface area (Å²) in [4.78, 5) is 15.2. The van der Waals surface area contributed by atoms with Crippen LogP contribution < -0.4 is 10.1 Å². The number of ether oxygens (including phenoxy) is 2. The van der Waals surface area contributed by atoms with Gasteiger partial charge in [-0.25, -0.2) is 0 Å². The van der Waals surface area contributed by atoms with Gasteiger partial charge in [-0.1, -0.05) is 41.9 Å². The van der Waals surface area contributed by atoms with Crippen molar-refractivity contribution >= 4 is 28.4 Å². The van der Waals surface area contributed by atoms with Crippen molar-refractivity contribution < 1.29 is 14.3 Å². The predicted octanol–water partition coefficient (Wildman–Crippen LogP) is 3.35. The van der Waals surface area contributed by atoms with Crippen molar-refractivity contribution in [1.82, 2.24) is 14.8 Å². The maximum Gasteiger partial charge on any atom is 0.257 e. The molecule has 0 radical (unpaired) electrons. The molecule has 0 spiro atoms. The highest BCUT2D eigenvalue weighted by Crippen LogP contribution is 2.37. The molecule has 3 aromatic rings. The van der Waals surface area contributed by atoms with Crippen LogP contribution in [0.1, 0.15) is 10.4 Å². The summed E-state index contributed by atoms with van der Waals surface area (Å²) >= 11 is 6.85. The molecular weight excluding hydrogens is 390 g/mol. The standard InChI is InChI=1S/C22H24ClN3O3/c1-28-14-15-29-19-9-5-4-8-18(19)26-17-7-3-2-6-16(17)20(21(26)23)22(27)25-12-10-24-11-13-25/h2-9,24H,10-15H2,1H3. The molecule has 4 rings (SSSR count). The third-order valence-electron chi connectivity index (χ3n) is 5.09. The average Bonchev–Trinajstić information content (AvgIpc) is 3.06. The molecule has 1 N–H and O–H groups in total. The Morgan fingerprint density at radius 2 is 1.79 bits per heavy atom. The Balaban J connectivity index is 1.83. The zero-order valence-electron chi connectivity index (χ0n) is 16.4. The SMILES string of the molecule is COCCOc1ccccc1-n1c(Cl)c(C(=O)N2CCNCC2)c2ccccc21. The third-order valence-corrected chi connectivity index (χ3v) is 5.44. The van der Waals surface area contributed by atoms with Gasteiger partial charge in [0.15, 0.2) is 0 Å². The molecule has 0 bridgehead atoms. The topological polar surface area (TPSA) is 55.7 Å². The number of carbonyl (C=O) groups excluding carboxylic acids is 1. The summed E-state index contributed by atoms with van der Waals surface area (Å²) < 4.78 is 12.9. The number of rotatable bonds is 6. The lowest BCUT2D eigenvalue weighted by atomic mass is 10.1. The monoisotopic (exact) mass is 413 g/mol. The minimum absolute atomic E-state index is 0.0377. The Bertz CT molecular complexity index is 1010. The number of aromatic nitrogens is 1. The summed E-state index contributed by atoms with van der Waals surface area (Å²) in [6.07, 6.45) is 0. The van der Waals surface area contributed by atoms with Gasteiger partial charge in [-0.2, -0.15) is 0 Å². The first-order valence-electron chi connectivity index (χ1n) is 9.72. The molecule has 152 valence electrons. The van der Waals surface area contributed by atoms with Gasteiger partial charge in [0.25, 0.3) is 5.91 Å². The van der Waals surface area contributed by atoms with E-state index in [0.29, 0.717) is 42.8 Å². The fourth-order valence-electron chi connectivity index (χ4n) is 3.67. The lowest BCUT2D eigenvalue weighted by Gasteiger charge is -2.27. The van der Waals surface area contributed by atoms with Crippen LogP contribution in [0.4, 0.5) is 0 Å². The molecule has 1 aliphatic heterocycles. The molecule has 1 aliphatic rings. The van der Waals surface area contributed by atoms with Gasteiger partial charge in [-0.15, -0.1) is 0 Å². The maximum absolute atomic E-state index is 13.3. The Kier molecular flexibility index (Phi) is 6.04. The second-order valence-electron chi connectivity index (χ2n) is 6.87. The smallest absolute Gasteiger partial charge is 0.257 e. The number of amides is 1. The van der Waals surface area contributed by atoms with E-state index in [9.17, 15) is 4.79 Å². The highest BCUT2D eigenvalue weighted by atomic mass is 35.5. The molecule has 0 saturated carbocycles. The van der Waals surface area contributed by atoms with Crippen LogP contribution in [0.3, 0.4) is 0 Å². The summed E-state index contributed by atoms with van der Waals surface area (Å²) in [5.74, 6) is 0.651. The first-order valence-corrected chi connectivity index (χ1v) is 10.1. The van der Waals surface area contributed by atoms with E-state index < -0.39 is 0 Å². The van der Waals surface area contributed by atoms with Crippen LogP contribution in [0.5, 0.6) is 5.75 Å². The van der Waals surface area contributed by atoms with E-state index in [2.05, 4.69) is 5.32 Å². The summed E-state index contributed by atoms with van der Waals surface area (Å²) in [6, 6.07) is 15.5. The molecule has 0 unspecified atom stereocenters. The number of halogens is 1. The largest absolute Gasteiger partial charge is 0.489 e. The van der Waals surface area contributed by atoms with Crippen LogP contribution in [0.2, 0.25) is 5.15 Å². The highest BCUT2D eigenvalue weighted by molar-refractivity contribution is 6.36. The number of benzene rings is 2. The van der Waals surface area contributed by atoms with Crippen molar-refractivity contribution in [3.05, 3.63) is 59.2 Å². The number of fused-ring (bicyclic) bond motifs is 1. The van der Waals surface area contributed by atoms with Gasteiger partial charge in [0.2, 0.25) is 0 Å². The molecule has 0 aliphatic carbocycles. The van der Waals surface area contributed by atoms with Crippen molar-refractivity contribution in [2.24, 2.45) is 0 Å². The van der Waals surface area contributed by atoms with Gasteiger partial charge in [-0.3, -0.25) is 9.36 Å². The number of piperazine rings is 1. The second kappa shape index (κ2) is 8.86. The maximum atomic E-state index is 13.3. The van der Waals surface area contributed by atoms with E-state index in [-0.39, 0.29) is 5.91 Å². The summed E-state index contributed by atoms with van der Waals surface area (Å²) in [5, 5.41) is 4.52. The minimum Gasteiger partial charge on any atom is -0.489 e. The van der Waals surface area contributed by atoms with Crippen LogP contribution in [0, 0.1) is 0 Å². The minimum atomic E-state index is -0.0377. The molecule has 6 nitrogen and oxygen atoms in total. The van der Waals surface area contributed by atoms with E-state index in [1.807, 2.05) is 58.0 Å². The number of carbonyl (C=O) groups is 1. The third kappa shape index (κ3) is 3.83. The molecule has 29 heavy (non-hydrogen) atoms. The fraction of sp³-hybridized carbons (Fsp3) is 0.318. The molecule has 7 heteroatoms. The van der Waals surface area contributed by atoms with Crippen LogP contribution in [0.15, 0.2) is 48.5 Å². The van der Waals surface area contributed by atoms with Crippen molar-refractivity contribution in [3.63, 3.8) is 0 Å². The molecule has 2 heterocycles. The van der Waals surface area contributed by atoms with Gasteiger partial charge in [0, 0.05) is 38.7 Å². The van der Waals surface area contributed by atoms with E-state index in [1.165, 1.54) is 0 Å². The quantitative estimate of drug-likeness (QED) is 0.629. The first-order chi connectivity index (χ1) is 14.2. The van der Waals surface area contributed by atoms with E-state index in [1.54, 1.807) is 7.11 Å². The first kappa shape index (κ1) is 19.8. The fourth-order valence-corrected chi connectivity index (χ4v) is 4.04. The lowest BCUT2D eigenvalue weighted by Crippen LogP contribution is -2.46. The van der Waals surface area contributed by atoms with Crippen molar-refractivity contribution in [3.8, 4) is 11.4 Å². The molecule has 1 fully saturated rings. The Hall–Kier alpha value is -2.54. The predicted molar refractivity (Wildman–Crippen MR) is 114 cm³/mol. The van der Waals surface area contributed by atoms with Crippen LogP contribution in [-0.4, -0.2) is 61.9 Å². The van der Waals surface area contributed by atoms with Crippen LogP contribution in [-0.2, 0) is 4.74 Å². The van der Waals surface area contributed by atoms with Gasteiger partial charge in [0.05, 0.1) is 23.4 Å². The molecule has 1 aromatic heterocycles. The molecule has 1 saturated heterocycles. The number of nitrogens with one attached hydrogen (secondary N) is 1. The van der Waals surface area contributed by atoms with Gasteiger partial charge in [0.1, 0.15) is 17.5 Å². The van der Waals surface area contributed by atoms with Gasteiger partial charge in [-0.05, 0) is 18.2 Å². The number of hydrogen-bond acceptors (Lipinski definition) is 4. The number of methoxy groups -OCH3 is 1. The van der Waals surface area contributed by atoms with Gasteiger partial charge < -0.3 is 19.7 Å². The summed E-state index contributed by atoms with van der Waals surface area (Å²) in [6.45, 7) is 3.84. The van der Waals surface area contributed by atoms with E-state index in [4.69, 9.17) is 21.1 Å². The van der Waals surface area contributed by atoms with Crippen molar-refractivity contribution in [2.75, 3.05) is 46.5 Å². The Labute approximate surface area is 175 Å². The van der Waals surface area contributed by atoms with E-state index in [0.717, 1.165) is 29.7 Å². The van der Waals surface area contributed by atoms with E-state index >= 15 is 0 Å². The van der Waals surface area contributed by atoms with Crippen molar-refractivity contribution in [1.29, 1.82) is 0 Å². The molecular formula is C22H24ClN3O3. The average molecular weight is 414 g/mol. The highest BCUT2D eigenvalue weighted by Gasteiger charge is 2.27. The Morgan fingerprint density at radius 3 is 2.59 bits per heavy atom. The lowest BCUT2D eigenvalue weighted by molar-refractivity contribution is 0.0738. The Morgan fingerprint density at radius 1 is 1.07 bits per heavy atom. The van der Waals surface area contributed by atoms with Crippen LogP contribution >= 0.6 is 11.6 Å². The van der Waals surface area contributed by atoms with Crippen molar-refractivity contribution in [2.45, 2.75) is 0 Å². The molecule has 2 aromatic carbocycles. The summed E-state index contributed by atoms with van der Waals surface area (Å²) in [7, 11) is 1.64.